The van der Waals surface area contributed by atoms with Gasteiger partial charge in [-0.2, -0.15) is 23.1 Å². The Bertz CT molecular complexity index is 367. The molecule has 1 amide bonds. The number of carbonyl (C=O) groups is 1. The molecule has 1 fully saturated rings. The maximum atomic E-state index is 11.9. The summed E-state index contributed by atoms with van der Waals surface area (Å²) in [6.07, 6.45) is 5.81. The number of thioether (sulfide) groups is 1. The Hall–Kier alpha value is -0.520. The third-order valence-electron chi connectivity index (χ3n) is 3.19. The van der Waals surface area contributed by atoms with Crippen molar-refractivity contribution in [1.29, 1.82) is 0 Å². The van der Waals surface area contributed by atoms with Gasteiger partial charge in [0.25, 0.3) is 0 Å². The van der Waals surface area contributed by atoms with Crippen molar-refractivity contribution in [2.75, 3.05) is 25.1 Å². The second kappa shape index (κ2) is 7.16. The molecular weight excluding hydrogens is 264 g/mol. The summed E-state index contributed by atoms with van der Waals surface area (Å²) in [6.45, 7) is 1.35. The van der Waals surface area contributed by atoms with E-state index < -0.39 is 0 Å². The maximum absolute atomic E-state index is 11.9. The SMILES string of the molecule is CSCCCCCN1C(=O)CNC1c1ccsc1. The Morgan fingerprint density at radius 2 is 2.39 bits per heavy atom. The van der Waals surface area contributed by atoms with Crippen molar-refractivity contribution in [3.63, 3.8) is 0 Å². The minimum absolute atomic E-state index is 0.101. The van der Waals surface area contributed by atoms with Crippen LogP contribution in [0.2, 0.25) is 0 Å². The first kappa shape index (κ1) is 13.9. The van der Waals surface area contributed by atoms with Crippen LogP contribution in [0.3, 0.4) is 0 Å². The van der Waals surface area contributed by atoms with Gasteiger partial charge in [-0.1, -0.05) is 6.42 Å². The molecule has 100 valence electrons. The Balaban J connectivity index is 1.82. The predicted octanol–water partition coefficient (Wildman–Crippen LogP) is 2.71. The van der Waals surface area contributed by atoms with E-state index in [-0.39, 0.29) is 12.1 Å². The summed E-state index contributed by atoms with van der Waals surface area (Å²) in [5.41, 5.74) is 1.22. The van der Waals surface area contributed by atoms with Gasteiger partial charge in [0.05, 0.1) is 6.54 Å². The number of hydrogen-bond acceptors (Lipinski definition) is 4. The summed E-state index contributed by atoms with van der Waals surface area (Å²) in [4.78, 5) is 13.8. The van der Waals surface area contributed by atoms with Crippen molar-refractivity contribution in [3.8, 4) is 0 Å². The molecule has 0 bridgehead atoms. The molecule has 0 aromatic carbocycles. The lowest BCUT2D eigenvalue weighted by Gasteiger charge is -2.23. The van der Waals surface area contributed by atoms with Crippen LogP contribution in [0.5, 0.6) is 0 Å². The van der Waals surface area contributed by atoms with Crippen LogP contribution in [0.25, 0.3) is 0 Å². The maximum Gasteiger partial charge on any atom is 0.238 e. The smallest absolute Gasteiger partial charge is 0.238 e. The van der Waals surface area contributed by atoms with Crippen molar-refractivity contribution in [1.82, 2.24) is 10.2 Å². The lowest BCUT2D eigenvalue weighted by molar-refractivity contribution is -0.128. The molecule has 1 N–H and O–H groups in total. The van der Waals surface area contributed by atoms with Crippen molar-refractivity contribution in [2.24, 2.45) is 0 Å². The first-order valence-electron chi connectivity index (χ1n) is 6.37. The Morgan fingerprint density at radius 3 is 3.11 bits per heavy atom. The molecule has 2 heterocycles. The number of unbranched alkanes of at least 4 members (excludes halogenated alkanes) is 2. The van der Waals surface area contributed by atoms with Crippen LogP contribution in [0.15, 0.2) is 16.8 Å². The molecule has 3 nitrogen and oxygen atoms in total. The fraction of sp³-hybridized carbons (Fsp3) is 0.615. The topological polar surface area (TPSA) is 32.3 Å². The fourth-order valence-electron chi connectivity index (χ4n) is 2.23. The molecule has 0 spiro atoms. The third kappa shape index (κ3) is 3.49. The molecule has 1 unspecified atom stereocenters. The monoisotopic (exact) mass is 284 g/mol. The highest BCUT2D eigenvalue weighted by atomic mass is 32.2. The van der Waals surface area contributed by atoms with Crippen LogP contribution in [0.1, 0.15) is 31.0 Å². The average Bonchev–Trinajstić information content (AvgIpc) is 2.99. The van der Waals surface area contributed by atoms with Crippen molar-refractivity contribution < 1.29 is 4.79 Å². The molecule has 1 aliphatic rings. The van der Waals surface area contributed by atoms with Crippen LogP contribution in [0.4, 0.5) is 0 Å². The Morgan fingerprint density at radius 1 is 1.50 bits per heavy atom. The van der Waals surface area contributed by atoms with Gasteiger partial charge in [0.15, 0.2) is 0 Å². The van der Waals surface area contributed by atoms with E-state index in [4.69, 9.17) is 0 Å². The van der Waals surface area contributed by atoms with Gasteiger partial charge in [0.2, 0.25) is 5.91 Å². The van der Waals surface area contributed by atoms with Crippen LogP contribution < -0.4 is 5.32 Å². The van der Waals surface area contributed by atoms with Gasteiger partial charge in [0.1, 0.15) is 6.17 Å². The van der Waals surface area contributed by atoms with E-state index in [1.165, 1.54) is 24.2 Å². The summed E-state index contributed by atoms with van der Waals surface area (Å²) in [5.74, 6) is 1.45. The fourth-order valence-corrected chi connectivity index (χ4v) is 3.40. The van der Waals surface area contributed by atoms with Crippen molar-refractivity contribution in [2.45, 2.75) is 25.4 Å². The van der Waals surface area contributed by atoms with Gasteiger partial charge in [-0.3, -0.25) is 10.1 Å². The van der Waals surface area contributed by atoms with E-state index in [1.54, 1.807) is 11.3 Å². The quantitative estimate of drug-likeness (QED) is 0.781. The summed E-state index contributed by atoms with van der Waals surface area (Å²) in [6, 6.07) is 2.10. The van der Waals surface area contributed by atoms with E-state index in [1.807, 2.05) is 16.7 Å². The lowest BCUT2D eigenvalue weighted by Crippen LogP contribution is -2.31. The summed E-state index contributed by atoms with van der Waals surface area (Å²) < 4.78 is 0. The molecule has 2 rings (SSSR count). The van der Waals surface area contributed by atoms with Gasteiger partial charge >= 0.3 is 0 Å². The molecule has 5 heteroatoms. The highest BCUT2D eigenvalue weighted by molar-refractivity contribution is 7.98. The second-order valence-electron chi connectivity index (χ2n) is 4.48. The highest BCUT2D eigenvalue weighted by Gasteiger charge is 2.30. The molecule has 0 radical (unpaired) electrons. The Kier molecular flexibility index (Phi) is 5.53. The predicted molar refractivity (Wildman–Crippen MR) is 79.0 cm³/mol. The van der Waals surface area contributed by atoms with Gasteiger partial charge in [-0.25, -0.2) is 0 Å². The minimum atomic E-state index is 0.101. The molecule has 0 saturated carbocycles. The van der Waals surface area contributed by atoms with Gasteiger partial charge in [-0.15, -0.1) is 0 Å². The van der Waals surface area contributed by atoms with Gasteiger partial charge in [-0.05, 0) is 47.2 Å². The standard InChI is InChI=1S/C13H20N2OS2/c1-17-7-4-2-3-6-15-12(16)9-14-13(15)11-5-8-18-10-11/h5,8,10,13-14H,2-4,6-7,9H2,1H3. The number of carbonyl (C=O) groups excluding carboxylic acids is 1. The number of amides is 1. The highest BCUT2D eigenvalue weighted by Crippen LogP contribution is 2.24. The zero-order valence-electron chi connectivity index (χ0n) is 10.7. The van der Waals surface area contributed by atoms with E-state index in [9.17, 15) is 4.79 Å². The van der Waals surface area contributed by atoms with Crippen LogP contribution in [-0.4, -0.2) is 35.9 Å². The first-order valence-corrected chi connectivity index (χ1v) is 8.70. The minimum Gasteiger partial charge on any atom is -0.322 e. The molecule has 1 aromatic heterocycles. The molecule has 1 aromatic rings. The number of hydrogen-bond donors (Lipinski definition) is 1. The van der Waals surface area contributed by atoms with E-state index in [0.29, 0.717) is 6.54 Å². The van der Waals surface area contributed by atoms with Crippen molar-refractivity contribution >= 4 is 29.0 Å². The molecular formula is C13H20N2OS2. The van der Waals surface area contributed by atoms with Crippen LogP contribution in [-0.2, 0) is 4.79 Å². The average molecular weight is 284 g/mol. The van der Waals surface area contributed by atoms with E-state index in [2.05, 4.69) is 28.4 Å². The number of rotatable bonds is 7. The molecule has 0 aliphatic carbocycles. The first-order chi connectivity index (χ1) is 8.83. The summed E-state index contributed by atoms with van der Waals surface area (Å²) >= 11 is 3.58. The van der Waals surface area contributed by atoms with Gasteiger partial charge < -0.3 is 4.90 Å². The zero-order valence-corrected chi connectivity index (χ0v) is 12.4. The van der Waals surface area contributed by atoms with E-state index >= 15 is 0 Å². The zero-order chi connectivity index (χ0) is 12.8. The Labute approximate surface area is 117 Å². The second-order valence-corrected chi connectivity index (χ2v) is 6.25. The van der Waals surface area contributed by atoms with Gasteiger partial charge in [0, 0.05) is 6.54 Å². The van der Waals surface area contributed by atoms with Crippen LogP contribution >= 0.6 is 23.1 Å². The number of thiophene rings is 1. The largest absolute Gasteiger partial charge is 0.322 e. The summed E-state index contributed by atoms with van der Waals surface area (Å²) in [7, 11) is 0. The number of nitrogens with one attached hydrogen (secondary N) is 1. The normalized spacial score (nSPS) is 19.7. The van der Waals surface area contributed by atoms with Crippen LogP contribution in [0, 0.1) is 0 Å². The third-order valence-corrected chi connectivity index (χ3v) is 4.58. The molecule has 1 atom stereocenters. The van der Waals surface area contributed by atoms with Crippen molar-refractivity contribution in [3.05, 3.63) is 22.4 Å². The molecule has 18 heavy (non-hydrogen) atoms. The lowest BCUT2D eigenvalue weighted by atomic mass is 10.2. The molecule has 1 saturated heterocycles. The molecule has 1 aliphatic heterocycles. The van der Waals surface area contributed by atoms with E-state index in [0.717, 1.165) is 13.0 Å². The summed E-state index contributed by atoms with van der Waals surface area (Å²) in [5, 5.41) is 7.48. The number of nitrogens with zero attached hydrogens (tertiary/aromatic N) is 1.